The Bertz CT molecular complexity index is 1010. The first kappa shape index (κ1) is 23.3. The molecule has 3 rings (SSSR count). The van der Waals surface area contributed by atoms with Gasteiger partial charge < -0.3 is 24.4 Å². The number of rotatable bonds is 9. The maximum absolute atomic E-state index is 13.1. The van der Waals surface area contributed by atoms with E-state index in [9.17, 15) is 14.7 Å². The van der Waals surface area contributed by atoms with Crippen molar-refractivity contribution < 1.29 is 24.2 Å². The van der Waals surface area contributed by atoms with Crippen molar-refractivity contribution in [3.63, 3.8) is 0 Å². The topological polar surface area (TPSA) is 79.3 Å². The molecule has 1 saturated heterocycles. The number of nitrogens with zero attached hydrogens (tertiary/aromatic N) is 2. The lowest BCUT2D eigenvalue weighted by molar-refractivity contribution is -0.140. The van der Waals surface area contributed by atoms with Crippen molar-refractivity contribution in [2.75, 3.05) is 40.4 Å². The molecule has 0 aliphatic carbocycles. The van der Waals surface area contributed by atoms with Crippen molar-refractivity contribution in [1.82, 2.24) is 9.80 Å². The highest BCUT2D eigenvalue weighted by molar-refractivity contribution is 6.46. The van der Waals surface area contributed by atoms with E-state index in [1.807, 2.05) is 57.1 Å². The first-order chi connectivity index (χ1) is 15.4. The van der Waals surface area contributed by atoms with Gasteiger partial charge >= 0.3 is 0 Å². The highest BCUT2D eigenvalue weighted by Crippen LogP contribution is 2.40. The Morgan fingerprint density at radius 1 is 1.00 bits per heavy atom. The number of hydrogen-bond acceptors (Lipinski definition) is 6. The van der Waals surface area contributed by atoms with Crippen LogP contribution in [0, 0.1) is 0 Å². The van der Waals surface area contributed by atoms with E-state index in [0.717, 1.165) is 0 Å². The summed E-state index contributed by atoms with van der Waals surface area (Å²) < 4.78 is 11.2. The number of ketones is 1. The Labute approximate surface area is 188 Å². The van der Waals surface area contributed by atoms with Crippen LogP contribution in [0.25, 0.3) is 5.76 Å². The summed E-state index contributed by atoms with van der Waals surface area (Å²) in [6.45, 7) is 5.65. The molecule has 1 aliphatic heterocycles. The third-order valence-electron chi connectivity index (χ3n) is 5.23. The van der Waals surface area contributed by atoms with Gasteiger partial charge in [-0.15, -0.1) is 0 Å². The summed E-state index contributed by atoms with van der Waals surface area (Å²) in [5.41, 5.74) is 1.19. The highest BCUT2D eigenvalue weighted by atomic mass is 16.5. The minimum Gasteiger partial charge on any atom is -0.507 e. The largest absolute Gasteiger partial charge is 0.507 e. The SMILES string of the molecule is CCOc1cccc(/C(O)=C2\C(=O)C(=O)N(CCN(C)C)C2c2cccc(OCC)c2)c1. The molecule has 0 spiro atoms. The highest BCUT2D eigenvalue weighted by Gasteiger charge is 2.46. The first-order valence-electron chi connectivity index (χ1n) is 10.8. The van der Waals surface area contributed by atoms with Gasteiger partial charge in [0, 0.05) is 18.7 Å². The molecule has 0 radical (unpaired) electrons. The first-order valence-corrected chi connectivity index (χ1v) is 10.8. The molecule has 1 fully saturated rings. The van der Waals surface area contributed by atoms with Crippen molar-refractivity contribution >= 4 is 17.4 Å². The third-order valence-corrected chi connectivity index (χ3v) is 5.23. The third kappa shape index (κ3) is 4.94. The van der Waals surface area contributed by atoms with Crippen molar-refractivity contribution in [1.29, 1.82) is 0 Å². The second-order valence-corrected chi connectivity index (χ2v) is 7.76. The zero-order valence-corrected chi connectivity index (χ0v) is 19.0. The maximum Gasteiger partial charge on any atom is 0.295 e. The minimum absolute atomic E-state index is 0.0658. The molecule has 2 aromatic carbocycles. The number of aliphatic hydroxyl groups excluding tert-OH is 1. The number of likely N-dealkylation sites (tertiary alicyclic amines) is 1. The molecule has 7 nitrogen and oxygen atoms in total. The normalized spacial score (nSPS) is 17.8. The average Bonchev–Trinajstić information content (AvgIpc) is 3.03. The summed E-state index contributed by atoms with van der Waals surface area (Å²) >= 11 is 0. The number of likely N-dealkylation sites (N-methyl/N-ethyl adjacent to an activating group) is 1. The van der Waals surface area contributed by atoms with Crippen LogP contribution >= 0.6 is 0 Å². The van der Waals surface area contributed by atoms with Gasteiger partial charge in [0.2, 0.25) is 0 Å². The number of amides is 1. The molecule has 1 unspecified atom stereocenters. The quantitative estimate of drug-likeness (QED) is 0.367. The van der Waals surface area contributed by atoms with Gasteiger partial charge in [0.15, 0.2) is 0 Å². The van der Waals surface area contributed by atoms with E-state index in [2.05, 4.69) is 0 Å². The lowest BCUT2D eigenvalue weighted by Gasteiger charge is -2.27. The molecule has 1 atom stereocenters. The fraction of sp³-hybridized carbons (Fsp3) is 0.360. The molecule has 0 aromatic heterocycles. The molecule has 1 amide bonds. The number of ether oxygens (including phenoxy) is 2. The smallest absolute Gasteiger partial charge is 0.295 e. The van der Waals surface area contributed by atoms with E-state index in [0.29, 0.717) is 48.9 Å². The van der Waals surface area contributed by atoms with Crippen LogP contribution in [0.5, 0.6) is 11.5 Å². The Hall–Kier alpha value is -3.32. The van der Waals surface area contributed by atoms with Crippen LogP contribution in [0.4, 0.5) is 0 Å². The van der Waals surface area contributed by atoms with Crippen LogP contribution in [0.2, 0.25) is 0 Å². The lowest BCUT2D eigenvalue weighted by Crippen LogP contribution is -2.35. The van der Waals surface area contributed by atoms with Gasteiger partial charge in [-0.3, -0.25) is 9.59 Å². The number of aliphatic hydroxyl groups is 1. The number of hydrogen-bond donors (Lipinski definition) is 1. The van der Waals surface area contributed by atoms with Gasteiger partial charge in [0.05, 0.1) is 24.8 Å². The van der Waals surface area contributed by atoms with Gasteiger partial charge in [-0.05, 0) is 57.8 Å². The molecule has 2 aromatic rings. The Kier molecular flexibility index (Phi) is 7.53. The molecule has 0 saturated carbocycles. The fourth-order valence-corrected chi connectivity index (χ4v) is 3.76. The predicted octanol–water partition coefficient (Wildman–Crippen LogP) is 3.47. The lowest BCUT2D eigenvalue weighted by atomic mass is 9.95. The zero-order chi connectivity index (χ0) is 23.3. The summed E-state index contributed by atoms with van der Waals surface area (Å²) in [7, 11) is 3.81. The Balaban J connectivity index is 2.14. The standard InChI is InChI=1S/C25H30N2O5/c1-5-31-19-11-7-9-17(15-19)22-21(24(29)25(30)27(22)14-13-26(3)4)23(28)18-10-8-12-20(16-18)32-6-2/h7-12,15-16,22,28H,5-6,13-14H2,1-4H3/b23-21+. The van der Waals surface area contributed by atoms with Gasteiger partial charge in [-0.25, -0.2) is 0 Å². The van der Waals surface area contributed by atoms with Crippen molar-refractivity contribution in [3.05, 3.63) is 65.2 Å². The summed E-state index contributed by atoms with van der Waals surface area (Å²) in [6.07, 6.45) is 0. The van der Waals surface area contributed by atoms with E-state index in [1.54, 1.807) is 24.3 Å². The molecule has 1 heterocycles. The molecule has 0 bridgehead atoms. The van der Waals surface area contributed by atoms with Crippen LogP contribution < -0.4 is 9.47 Å². The fourth-order valence-electron chi connectivity index (χ4n) is 3.76. The van der Waals surface area contributed by atoms with Gasteiger partial charge in [0.1, 0.15) is 17.3 Å². The number of carbonyl (C=O) groups excluding carboxylic acids is 2. The van der Waals surface area contributed by atoms with Crippen LogP contribution in [0.15, 0.2) is 54.1 Å². The summed E-state index contributed by atoms with van der Waals surface area (Å²) in [5.74, 6) is -0.324. The average molecular weight is 439 g/mol. The van der Waals surface area contributed by atoms with Gasteiger partial charge in [-0.2, -0.15) is 0 Å². The van der Waals surface area contributed by atoms with Crippen molar-refractivity contribution in [3.8, 4) is 11.5 Å². The predicted molar refractivity (Wildman–Crippen MR) is 123 cm³/mol. The summed E-state index contributed by atoms with van der Waals surface area (Å²) in [6, 6.07) is 13.5. The second-order valence-electron chi connectivity index (χ2n) is 7.76. The molecular weight excluding hydrogens is 408 g/mol. The van der Waals surface area contributed by atoms with Crippen molar-refractivity contribution in [2.45, 2.75) is 19.9 Å². The number of benzene rings is 2. The van der Waals surface area contributed by atoms with Gasteiger partial charge in [-0.1, -0.05) is 24.3 Å². The van der Waals surface area contributed by atoms with Crippen LogP contribution in [-0.2, 0) is 9.59 Å². The molecule has 170 valence electrons. The van der Waals surface area contributed by atoms with E-state index >= 15 is 0 Å². The van der Waals surface area contributed by atoms with Crippen molar-refractivity contribution in [2.24, 2.45) is 0 Å². The monoisotopic (exact) mass is 438 g/mol. The summed E-state index contributed by atoms with van der Waals surface area (Å²) in [4.78, 5) is 29.5. The molecule has 1 aliphatic rings. The molecule has 1 N–H and O–H groups in total. The van der Waals surface area contributed by atoms with E-state index in [4.69, 9.17) is 9.47 Å². The minimum atomic E-state index is -0.717. The number of Topliss-reactive ketones (excluding diaryl/α,β-unsaturated/α-hetero) is 1. The number of carbonyl (C=O) groups is 2. The molecule has 32 heavy (non-hydrogen) atoms. The van der Waals surface area contributed by atoms with Crippen LogP contribution in [-0.4, -0.2) is 67.0 Å². The van der Waals surface area contributed by atoms with Crippen LogP contribution in [0.1, 0.15) is 31.0 Å². The van der Waals surface area contributed by atoms with E-state index < -0.39 is 17.7 Å². The Morgan fingerprint density at radius 3 is 2.25 bits per heavy atom. The van der Waals surface area contributed by atoms with Gasteiger partial charge in [0.25, 0.3) is 11.7 Å². The van der Waals surface area contributed by atoms with Crippen LogP contribution in [0.3, 0.4) is 0 Å². The summed E-state index contributed by atoms with van der Waals surface area (Å²) in [5, 5.41) is 11.2. The Morgan fingerprint density at radius 2 is 1.62 bits per heavy atom. The molecular formula is C25H30N2O5. The maximum atomic E-state index is 13.1. The van der Waals surface area contributed by atoms with E-state index in [1.165, 1.54) is 4.90 Å². The zero-order valence-electron chi connectivity index (χ0n) is 19.0. The second kappa shape index (κ2) is 10.3. The van der Waals surface area contributed by atoms with E-state index in [-0.39, 0.29) is 11.3 Å². The molecule has 7 heteroatoms.